The summed E-state index contributed by atoms with van der Waals surface area (Å²) in [6.45, 7) is 0. The highest BCUT2D eigenvalue weighted by Crippen LogP contribution is 2.30. The van der Waals surface area contributed by atoms with Gasteiger partial charge in [-0.1, -0.05) is 11.1 Å². The molecule has 17 heavy (non-hydrogen) atoms. The van der Waals surface area contributed by atoms with Gasteiger partial charge in [-0.25, -0.2) is 4.79 Å². The highest BCUT2D eigenvalue weighted by atomic mass is 32.2. The molecule has 0 fully saturated rings. The molecule has 0 bridgehead atoms. The highest BCUT2D eigenvalue weighted by Gasteiger charge is 2.31. The second-order valence-electron chi connectivity index (χ2n) is 3.12. The molecule has 8 heteroatoms. The molecule has 0 spiro atoms. The first kappa shape index (κ1) is 13.7. The molecule has 1 atom stereocenters. The molecule has 1 rings (SSSR count). The number of carbonyl (C=O) groups is 1. The first-order valence-corrected chi connectivity index (χ1v) is 5.45. The van der Waals surface area contributed by atoms with Gasteiger partial charge in [0.05, 0.1) is 11.1 Å². The van der Waals surface area contributed by atoms with Crippen molar-refractivity contribution in [1.29, 1.82) is 0 Å². The second-order valence-corrected chi connectivity index (χ2v) is 4.02. The molecule has 0 aromatic heterocycles. The summed E-state index contributed by atoms with van der Waals surface area (Å²) in [5.74, 6) is -2.25. The summed E-state index contributed by atoms with van der Waals surface area (Å²) >= 11 is -2.66. The van der Waals surface area contributed by atoms with E-state index in [0.717, 1.165) is 6.07 Å². The third-order valence-electron chi connectivity index (χ3n) is 1.94. The predicted octanol–water partition coefficient (Wildman–Crippen LogP) is 1.78. The molecular formula is C9H6F3O4S-. The van der Waals surface area contributed by atoms with Crippen LogP contribution in [0, 0.1) is 0 Å². The third-order valence-corrected chi connectivity index (χ3v) is 2.48. The first-order valence-electron chi connectivity index (χ1n) is 4.21. The Bertz CT molecular complexity index is 470. The number of alkyl halides is 3. The molecule has 1 aromatic rings. The minimum Gasteiger partial charge on any atom is -0.772 e. The number of hydrogen-bond donors (Lipinski definition) is 1. The lowest BCUT2D eigenvalue weighted by molar-refractivity contribution is -0.137. The Kier molecular flexibility index (Phi) is 3.89. The first-order chi connectivity index (χ1) is 7.71. The van der Waals surface area contributed by atoms with E-state index in [1.807, 2.05) is 0 Å². The minimum absolute atomic E-state index is 0.388. The fourth-order valence-corrected chi connectivity index (χ4v) is 1.72. The van der Waals surface area contributed by atoms with Crippen LogP contribution in [-0.4, -0.2) is 19.8 Å². The minimum atomic E-state index is -4.64. The largest absolute Gasteiger partial charge is 0.772 e. The van der Waals surface area contributed by atoms with Gasteiger partial charge in [0.2, 0.25) is 0 Å². The molecule has 0 heterocycles. The number of aromatic carboxylic acids is 1. The molecule has 94 valence electrons. The van der Waals surface area contributed by atoms with Crippen LogP contribution in [0.2, 0.25) is 0 Å². The molecule has 0 saturated carbocycles. The van der Waals surface area contributed by atoms with E-state index < -0.39 is 40.1 Å². The number of rotatable bonds is 3. The van der Waals surface area contributed by atoms with Crippen molar-refractivity contribution in [3.8, 4) is 0 Å². The fraction of sp³-hybridized carbons (Fsp3) is 0.222. The zero-order chi connectivity index (χ0) is 13.2. The van der Waals surface area contributed by atoms with Gasteiger partial charge in [-0.3, -0.25) is 4.21 Å². The van der Waals surface area contributed by atoms with Gasteiger partial charge >= 0.3 is 12.1 Å². The van der Waals surface area contributed by atoms with Gasteiger partial charge in [0.1, 0.15) is 0 Å². The smallest absolute Gasteiger partial charge is 0.416 e. The molecule has 0 saturated heterocycles. The van der Waals surface area contributed by atoms with Crippen LogP contribution >= 0.6 is 0 Å². The Labute approximate surface area is 96.4 Å². The van der Waals surface area contributed by atoms with E-state index in [0.29, 0.717) is 12.1 Å². The predicted molar refractivity (Wildman–Crippen MR) is 51.0 cm³/mol. The lowest BCUT2D eigenvalue weighted by Gasteiger charge is -2.12. The van der Waals surface area contributed by atoms with E-state index in [1.165, 1.54) is 0 Å². The third kappa shape index (κ3) is 3.53. The maximum Gasteiger partial charge on any atom is 0.416 e. The molecule has 4 nitrogen and oxygen atoms in total. The van der Waals surface area contributed by atoms with Crippen LogP contribution in [0.1, 0.15) is 21.5 Å². The highest BCUT2D eigenvalue weighted by molar-refractivity contribution is 7.78. The van der Waals surface area contributed by atoms with E-state index in [-0.39, 0.29) is 5.56 Å². The van der Waals surface area contributed by atoms with E-state index in [9.17, 15) is 26.7 Å². The summed E-state index contributed by atoms with van der Waals surface area (Å²) < 4.78 is 57.9. The van der Waals surface area contributed by atoms with Crippen LogP contribution in [0.15, 0.2) is 18.2 Å². The van der Waals surface area contributed by atoms with Crippen molar-refractivity contribution in [1.82, 2.24) is 0 Å². The van der Waals surface area contributed by atoms with Gasteiger partial charge in [-0.2, -0.15) is 13.2 Å². The average molecular weight is 267 g/mol. The number of halogens is 3. The van der Waals surface area contributed by atoms with Crippen molar-refractivity contribution in [3.63, 3.8) is 0 Å². The molecule has 0 amide bonds. The summed E-state index contributed by atoms with van der Waals surface area (Å²) in [4.78, 5) is 10.7. The molecule has 0 radical (unpaired) electrons. The van der Waals surface area contributed by atoms with Crippen LogP contribution in [0.25, 0.3) is 0 Å². The zero-order valence-corrected chi connectivity index (χ0v) is 8.97. The Morgan fingerprint density at radius 2 is 2.00 bits per heavy atom. The lowest BCUT2D eigenvalue weighted by Crippen LogP contribution is -2.10. The van der Waals surface area contributed by atoms with Crippen molar-refractivity contribution >= 4 is 17.0 Å². The van der Waals surface area contributed by atoms with Gasteiger partial charge in [0.25, 0.3) is 0 Å². The molecule has 0 aliphatic heterocycles. The van der Waals surface area contributed by atoms with Crippen molar-refractivity contribution in [2.24, 2.45) is 0 Å². The molecule has 0 aliphatic carbocycles. The zero-order valence-electron chi connectivity index (χ0n) is 8.15. The average Bonchev–Trinajstić information content (AvgIpc) is 2.14. The standard InChI is InChI=1S/C9H7F3O4S/c10-9(11,12)6-1-2-7(8(13)14)5(3-6)4-17(15)16/h1-3H,4H2,(H,13,14)(H,15,16)/p-1. The molecule has 1 N–H and O–H groups in total. The molecule has 0 aliphatic rings. The van der Waals surface area contributed by atoms with Gasteiger partial charge in [0, 0.05) is 5.75 Å². The summed E-state index contributed by atoms with van der Waals surface area (Å²) in [5.41, 5.74) is -1.93. The Morgan fingerprint density at radius 3 is 2.41 bits per heavy atom. The van der Waals surface area contributed by atoms with Gasteiger partial charge in [0.15, 0.2) is 0 Å². The van der Waals surface area contributed by atoms with E-state index in [1.54, 1.807) is 0 Å². The van der Waals surface area contributed by atoms with Gasteiger partial charge < -0.3 is 9.66 Å². The quantitative estimate of drug-likeness (QED) is 0.847. The molecule has 1 unspecified atom stereocenters. The topological polar surface area (TPSA) is 77.4 Å². The van der Waals surface area contributed by atoms with E-state index >= 15 is 0 Å². The monoisotopic (exact) mass is 267 g/mol. The Hall–Kier alpha value is -1.41. The van der Waals surface area contributed by atoms with Gasteiger partial charge in [-0.15, -0.1) is 0 Å². The van der Waals surface area contributed by atoms with Crippen LogP contribution in [0.3, 0.4) is 0 Å². The van der Waals surface area contributed by atoms with Crippen molar-refractivity contribution in [2.75, 3.05) is 0 Å². The molecule has 1 aromatic carbocycles. The van der Waals surface area contributed by atoms with Crippen LogP contribution in [0.4, 0.5) is 13.2 Å². The number of carboxylic acid groups (broad SMARTS) is 1. The second kappa shape index (κ2) is 4.84. The van der Waals surface area contributed by atoms with Gasteiger partial charge in [-0.05, 0) is 23.8 Å². The fourth-order valence-electron chi connectivity index (χ4n) is 1.23. The molecular weight excluding hydrogens is 261 g/mol. The van der Waals surface area contributed by atoms with Crippen LogP contribution in [0.5, 0.6) is 0 Å². The van der Waals surface area contributed by atoms with Crippen LogP contribution < -0.4 is 0 Å². The summed E-state index contributed by atoms with van der Waals surface area (Å²) in [5, 5.41) is 8.69. The van der Waals surface area contributed by atoms with Crippen molar-refractivity contribution < 1.29 is 31.8 Å². The SMILES string of the molecule is O=C(O)c1ccc(C(F)(F)F)cc1CS(=O)[O-]. The van der Waals surface area contributed by atoms with Crippen molar-refractivity contribution in [3.05, 3.63) is 34.9 Å². The number of benzene rings is 1. The maximum absolute atomic E-state index is 12.3. The Balaban J connectivity index is 3.29. The van der Waals surface area contributed by atoms with Crippen molar-refractivity contribution in [2.45, 2.75) is 11.9 Å². The van der Waals surface area contributed by atoms with E-state index in [4.69, 9.17) is 5.11 Å². The summed E-state index contributed by atoms with van der Waals surface area (Å²) in [6.07, 6.45) is -4.64. The summed E-state index contributed by atoms with van der Waals surface area (Å²) in [6, 6.07) is 1.87. The number of carboxylic acids is 1. The summed E-state index contributed by atoms with van der Waals surface area (Å²) in [7, 11) is 0. The normalized spacial score (nSPS) is 13.4. The number of hydrogen-bond acceptors (Lipinski definition) is 3. The van der Waals surface area contributed by atoms with E-state index in [2.05, 4.69) is 0 Å². The maximum atomic E-state index is 12.3. The van der Waals surface area contributed by atoms with Crippen LogP contribution in [-0.2, 0) is 23.0 Å². The lowest BCUT2D eigenvalue weighted by atomic mass is 10.0. The Morgan fingerprint density at radius 1 is 1.41 bits per heavy atom.